The van der Waals surface area contributed by atoms with Crippen LogP contribution < -0.4 is 20.1 Å². The molecule has 0 radical (unpaired) electrons. The van der Waals surface area contributed by atoms with Crippen LogP contribution in [0.15, 0.2) is 83.2 Å². The molecule has 1 aromatic heterocycles. The Morgan fingerprint density at radius 1 is 1.10 bits per heavy atom. The van der Waals surface area contributed by atoms with Gasteiger partial charge in [0.1, 0.15) is 6.04 Å². The van der Waals surface area contributed by atoms with Crippen LogP contribution in [0, 0.1) is 6.92 Å². The highest BCUT2D eigenvalue weighted by molar-refractivity contribution is 7.98. The smallest absolute Gasteiger partial charge is 0.255 e. The number of nitrogens with one attached hydrogen (secondary N) is 2. The fraction of sp³-hybridized carbons (Fsp3) is 0.281. The number of carbonyl (C=O) groups is 1. The van der Waals surface area contributed by atoms with Gasteiger partial charge >= 0.3 is 0 Å². The van der Waals surface area contributed by atoms with Crippen LogP contribution in [0.5, 0.6) is 11.5 Å². The van der Waals surface area contributed by atoms with Gasteiger partial charge in [-0.15, -0.1) is 5.10 Å². The summed E-state index contributed by atoms with van der Waals surface area (Å²) in [6, 6.07) is 20.6. The van der Waals surface area contributed by atoms with Crippen molar-refractivity contribution in [2.45, 2.75) is 50.6 Å². The van der Waals surface area contributed by atoms with Crippen molar-refractivity contribution in [1.82, 2.24) is 14.8 Å². The molecule has 2 heterocycles. The average molecular weight is 604 g/mol. The lowest BCUT2D eigenvalue weighted by Crippen LogP contribution is -2.31. The summed E-state index contributed by atoms with van der Waals surface area (Å²) >= 11 is 7.87. The Balaban J connectivity index is 1.52. The van der Waals surface area contributed by atoms with Crippen molar-refractivity contribution in [3.63, 3.8) is 0 Å². The summed E-state index contributed by atoms with van der Waals surface area (Å²) < 4.78 is 13.5. The zero-order valence-electron chi connectivity index (χ0n) is 24.1. The highest BCUT2D eigenvalue weighted by Gasteiger charge is 2.35. The molecule has 8 nitrogen and oxygen atoms in total. The van der Waals surface area contributed by atoms with Crippen molar-refractivity contribution in [2.75, 3.05) is 24.4 Å². The molecule has 4 aromatic rings. The first kappa shape index (κ1) is 29.5. The number of allylic oxidation sites excluding steroid dienone is 1. The highest BCUT2D eigenvalue weighted by atomic mass is 35.5. The summed E-state index contributed by atoms with van der Waals surface area (Å²) in [6.45, 7) is 6.57. The van der Waals surface area contributed by atoms with Crippen LogP contribution in [0.3, 0.4) is 0 Å². The number of amides is 1. The van der Waals surface area contributed by atoms with E-state index in [2.05, 4.69) is 17.6 Å². The summed E-state index contributed by atoms with van der Waals surface area (Å²) in [7, 11) is 1.62. The van der Waals surface area contributed by atoms with E-state index in [1.165, 1.54) is 11.8 Å². The second kappa shape index (κ2) is 13.4. The number of rotatable bonds is 11. The van der Waals surface area contributed by atoms with Crippen molar-refractivity contribution >= 4 is 40.9 Å². The molecule has 218 valence electrons. The van der Waals surface area contributed by atoms with E-state index in [-0.39, 0.29) is 5.91 Å². The van der Waals surface area contributed by atoms with Crippen LogP contribution in [0.1, 0.15) is 49.4 Å². The number of halogens is 1. The maximum Gasteiger partial charge on any atom is 0.255 e. The first-order valence-electron chi connectivity index (χ1n) is 13.9. The van der Waals surface area contributed by atoms with Crippen LogP contribution in [0.2, 0.25) is 5.02 Å². The quantitative estimate of drug-likeness (QED) is 0.134. The molecule has 0 spiro atoms. The molecule has 1 aliphatic heterocycles. The maximum absolute atomic E-state index is 13.9. The zero-order chi connectivity index (χ0) is 29.6. The Bertz CT molecular complexity index is 1620. The number of fused-ring (bicyclic) bond motifs is 1. The number of aromatic nitrogens is 3. The standard InChI is InChI=1S/C32H34ClN5O3S/c1-5-6-17-41-26-16-15-22(18-27(26)40-4)29-28(30(39)35-25-14-10-7-11-20(25)2)21(3)34-31-36-32(37-38(29)31)42-19-23-12-8-9-13-24(23)33/h7-16,18,29H,5-6,17,19H2,1-4H3,(H,35,39)(H,34,36,37). The number of methoxy groups -OCH3 is 1. The highest BCUT2D eigenvalue weighted by Crippen LogP contribution is 2.40. The molecular weight excluding hydrogens is 570 g/mol. The summed E-state index contributed by atoms with van der Waals surface area (Å²) in [6.07, 6.45) is 1.98. The fourth-order valence-electron chi connectivity index (χ4n) is 4.76. The molecule has 3 aromatic carbocycles. The lowest BCUT2D eigenvalue weighted by Gasteiger charge is -2.29. The molecule has 5 rings (SSSR count). The molecule has 1 unspecified atom stereocenters. The van der Waals surface area contributed by atoms with Crippen LogP contribution in [-0.2, 0) is 10.5 Å². The molecule has 2 N–H and O–H groups in total. The number of hydrogen-bond acceptors (Lipinski definition) is 7. The van der Waals surface area contributed by atoms with Crippen molar-refractivity contribution in [3.05, 3.63) is 99.7 Å². The molecular formula is C32H34ClN5O3S. The summed E-state index contributed by atoms with van der Waals surface area (Å²) in [5, 5.41) is 12.5. The topological polar surface area (TPSA) is 90.3 Å². The predicted octanol–water partition coefficient (Wildman–Crippen LogP) is 7.65. The van der Waals surface area contributed by atoms with Crippen LogP contribution in [0.25, 0.3) is 0 Å². The third-order valence-corrected chi connectivity index (χ3v) is 8.30. The molecule has 0 fully saturated rings. The first-order chi connectivity index (χ1) is 20.4. The molecule has 10 heteroatoms. The fourth-order valence-corrected chi connectivity index (χ4v) is 5.87. The minimum Gasteiger partial charge on any atom is -0.493 e. The van der Waals surface area contributed by atoms with E-state index in [0.29, 0.717) is 51.3 Å². The minimum atomic E-state index is -0.564. The van der Waals surface area contributed by atoms with Gasteiger partial charge in [-0.05, 0) is 61.2 Å². The number of aryl methyl sites for hydroxylation is 1. The van der Waals surface area contributed by atoms with E-state index < -0.39 is 6.04 Å². The predicted molar refractivity (Wildman–Crippen MR) is 169 cm³/mol. The molecule has 1 aliphatic rings. The Labute approximate surface area is 255 Å². The van der Waals surface area contributed by atoms with E-state index in [4.69, 9.17) is 31.2 Å². The number of anilines is 2. The third kappa shape index (κ3) is 6.42. The summed E-state index contributed by atoms with van der Waals surface area (Å²) in [4.78, 5) is 18.7. The van der Waals surface area contributed by atoms with E-state index in [1.54, 1.807) is 11.8 Å². The number of nitrogens with zero attached hydrogens (tertiary/aromatic N) is 3. The first-order valence-corrected chi connectivity index (χ1v) is 15.2. The molecule has 0 saturated carbocycles. The number of para-hydroxylation sites is 1. The normalized spacial score (nSPS) is 14.3. The van der Waals surface area contributed by atoms with Gasteiger partial charge in [-0.2, -0.15) is 4.98 Å². The van der Waals surface area contributed by atoms with Crippen molar-refractivity contribution in [2.24, 2.45) is 0 Å². The molecule has 42 heavy (non-hydrogen) atoms. The molecule has 0 bridgehead atoms. The third-order valence-electron chi connectivity index (χ3n) is 7.04. The zero-order valence-corrected chi connectivity index (χ0v) is 25.7. The summed E-state index contributed by atoms with van der Waals surface area (Å²) in [5.41, 5.74) is 4.76. The Morgan fingerprint density at radius 2 is 1.88 bits per heavy atom. The number of carbonyl (C=O) groups excluding carboxylic acids is 1. The van der Waals surface area contributed by atoms with Crippen molar-refractivity contribution in [3.8, 4) is 11.5 Å². The Hall–Kier alpha value is -3.95. The van der Waals surface area contributed by atoms with E-state index >= 15 is 0 Å². The second-order valence-corrected chi connectivity index (χ2v) is 11.3. The second-order valence-electron chi connectivity index (χ2n) is 9.99. The van der Waals surface area contributed by atoms with Gasteiger partial charge in [0.15, 0.2) is 11.5 Å². The Morgan fingerprint density at radius 3 is 2.64 bits per heavy atom. The number of ether oxygens (including phenoxy) is 2. The lowest BCUT2D eigenvalue weighted by molar-refractivity contribution is -0.113. The van der Waals surface area contributed by atoms with Crippen LogP contribution in [-0.4, -0.2) is 34.4 Å². The van der Waals surface area contributed by atoms with Crippen molar-refractivity contribution in [1.29, 1.82) is 0 Å². The van der Waals surface area contributed by atoms with Crippen LogP contribution in [0.4, 0.5) is 11.6 Å². The van der Waals surface area contributed by atoms with Gasteiger partial charge in [0, 0.05) is 22.2 Å². The summed E-state index contributed by atoms with van der Waals surface area (Å²) in [5.74, 6) is 2.18. The number of hydrogen-bond donors (Lipinski definition) is 2. The monoisotopic (exact) mass is 603 g/mol. The Kier molecular flexibility index (Phi) is 9.39. The average Bonchev–Trinajstić information content (AvgIpc) is 3.39. The number of benzene rings is 3. The van der Waals surface area contributed by atoms with E-state index in [9.17, 15) is 4.79 Å². The lowest BCUT2D eigenvalue weighted by atomic mass is 9.94. The molecule has 0 saturated heterocycles. The number of thioether (sulfide) groups is 1. The van der Waals surface area contributed by atoms with E-state index in [0.717, 1.165) is 35.2 Å². The largest absolute Gasteiger partial charge is 0.493 e. The van der Waals surface area contributed by atoms with E-state index in [1.807, 2.05) is 80.6 Å². The minimum absolute atomic E-state index is 0.229. The van der Waals surface area contributed by atoms with Gasteiger partial charge in [-0.25, -0.2) is 4.68 Å². The van der Waals surface area contributed by atoms with Crippen molar-refractivity contribution < 1.29 is 14.3 Å². The SMILES string of the molecule is CCCCOc1ccc(C2C(C(=O)Nc3ccccc3C)=C(C)Nc3nc(SCc4ccccc4Cl)nn32)cc1OC. The van der Waals surface area contributed by atoms with Gasteiger partial charge in [0.05, 0.1) is 19.3 Å². The van der Waals surface area contributed by atoms with Gasteiger partial charge in [-0.3, -0.25) is 4.79 Å². The van der Waals surface area contributed by atoms with Gasteiger partial charge in [-0.1, -0.05) is 79.2 Å². The van der Waals surface area contributed by atoms with Gasteiger partial charge in [0.2, 0.25) is 11.1 Å². The van der Waals surface area contributed by atoms with Gasteiger partial charge in [0.25, 0.3) is 5.91 Å². The molecule has 1 amide bonds. The van der Waals surface area contributed by atoms with Crippen LogP contribution >= 0.6 is 23.4 Å². The molecule has 0 aliphatic carbocycles. The maximum atomic E-state index is 13.9. The van der Waals surface area contributed by atoms with Gasteiger partial charge < -0.3 is 20.1 Å². The number of unbranched alkanes of at least 4 members (excludes halogenated alkanes) is 1. The molecule has 1 atom stereocenters.